The average Bonchev–Trinajstić information content (AvgIpc) is 2.99. The second-order valence-corrected chi connectivity index (χ2v) is 13.8. The lowest BCUT2D eigenvalue weighted by atomic mass is 9.42. The van der Waals surface area contributed by atoms with Gasteiger partial charge in [-0.1, -0.05) is 40.7 Å². The Hall–Kier alpha value is -1.83. The van der Waals surface area contributed by atoms with Crippen molar-refractivity contribution in [2.75, 3.05) is 0 Å². The Morgan fingerprint density at radius 2 is 1.68 bits per heavy atom. The minimum absolute atomic E-state index is 0.0840. The minimum atomic E-state index is -1.28. The van der Waals surface area contributed by atoms with E-state index in [0.717, 1.165) is 0 Å². The van der Waals surface area contributed by atoms with E-state index in [1.54, 1.807) is 13.0 Å². The number of hydrogen-bond donors (Lipinski definition) is 4. The highest BCUT2D eigenvalue weighted by Gasteiger charge is 2.71. The van der Waals surface area contributed by atoms with E-state index in [1.807, 2.05) is 27.7 Å². The molecule has 8 unspecified atom stereocenters. The van der Waals surface area contributed by atoms with E-state index < -0.39 is 51.4 Å². The van der Waals surface area contributed by atoms with Gasteiger partial charge in [0.15, 0.2) is 11.6 Å². The molecule has 0 aromatic heterocycles. The maximum Gasteiger partial charge on any atom is 0.330 e. The van der Waals surface area contributed by atoms with Crippen molar-refractivity contribution in [2.45, 2.75) is 111 Å². The van der Waals surface area contributed by atoms with Gasteiger partial charge in [0.25, 0.3) is 0 Å². The van der Waals surface area contributed by atoms with E-state index in [-0.39, 0.29) is 48.7 Å². The normalized spacial score (nSPS) is 43.1. The fourth-order valence-electron chi connectivity index (χ4n) is 8.97. The molecule has 0 heterocycles. The van der Waals surface area contributed by atoms with Gasteiger partial charge in [-0.2, -0.15) is 0 Å². The van der Waals surface area contributed by atoms with E-state index in [1.165, 1.54) is 6.92 Å². The van der Waals surface area contributed by atoms with Gasteiger partial charge < -0.3 is 20.4 Å². The van der Waals surface area contributed by atoms with Crippen molar-refractivity contribution < 1.29 is 34.8 Å². The molecule has 0 amide bonds. The molecule has 0 saturated heterocycles. The monoisotopic (exact) mass is 516 g/mol. The Morgan fingerprint density at radius 1 is 1.05 bits per heavy atom. The lowest BCUT2D eigenvalue weighted by Crippen LogP contribution is -2.60. The molecule has 206 valence electrons. The Labute approximate surface area is 220 Å². The van der Waals surface area contributed by atoms with Crippen molar-refractivity contribution >= 4 is 17.5 Å². The summed E-state index contributed by atoms with van der Waals surface area (Å²) in [5.74, 6) is -1.85. The zero-order chi connectivity index (χ0) is 27.9. The fraction of sp³-hybridized carbons (Fsp3) is 0.767. The maximum absolute atomic E-state index is 14.1. The number of aliphatic hydroxyl groups is 3. The number of carbonyl (C=O) groups excluding carboxylic acids is 2. The lowest BCUT2D eigenvalue weighted by Gasteiger charge is -2.61. The van der Waals surface area contributed by atoms with Crippen molar-refractivity contribution in [3.63, 3.8) is 0 Å². The summed E-state index contributed by atoms with van der Waals surface area (Å²) in [5, 5.41) is 43.2. The zero-order valence-electron chi connectivity index (χ0n) is 23.4. The number of ketones is 2. The van der Waals surface area contributed by atoms with E-state index in [2.05, 4.69) is 6.92 Å². The van der Waals surface area contributed by atoms with Crippen LogP contribution < -0.4 is 0 Å². The summed E-state index contributed by atoms with van der Waals surface area (Å²) in [5.41, 5.74) is -3.00. The highest BCUT2D eigenvalue weighted by molar-refractivity contribution is 6.11. The predicted molar refractivity (Wildman–Crippen MR) is 138 cm³/mol. The van der Waals surface area contributed by atoms with E-state index in [0.29, 0.717) is 30.4 Å². The number of carboxylic acid groups (broad SMARTS) is 1. The van der Waals surface area contributed by atoms with Crippen LogP contribution in [-0.4, -0.2) is 55.8 Å². The van der Waals surface area contributed by atoms with Gasteiger partial charge in [-0.15, -0.1) is 0 Å². The first kappa shape index (κ1) is 28.2. The van der Waals surface area contributed by atoms with Crippen LogP contribution in [0.25, 0.3) is 0 Å². The number of hydrogen-bond acceptors (Lipinski definition) is 6. The molecule has 37 heavy (non-hydrogen) atoms. The summed E-state index contributed by atoms with van der Waals surface area (Å²) < 4.78 is 0. The molecular weight excluding hydrogens is 472 g/mol. The molecular formula is C30H44O7. The smallest absolute Gasteiger partial charge is 0.330 e. The van der Waals surface area contributed by atoms with Crippen LogP contribution >= 0.6 is 0 Å². The first-order valence-electron chi connectivity index (χ1n) is 13.7. The number of aliphatic hydroxyl groups excluding tert-OH is 2. The van der Waals surface area contributed by atoms with E-state index in [4.69, 9.17) is 5.11 Å². The van der Waals surface area contributed by atoms with E-state index in [9.17, 15) is 29.7 Å². The molecule has 2 fully saturated rings. The Kier molecular flexibility index (Phi) is 6.54. The topological polar surface area (TPSA) is 132 Å². The molecule has 0 spiro atoms. The third-order valence-electron chi connectivity index (χ3n) is 11.5. The highest BCUT2D eigenvalue weighted by atomic mass is 16.4. The minimum Gasteiger partial charge on any atom is -0.478 e. The van der Waals surface area contributed by atoms with Gasteiger partial charge in [0.1, 0.15) is 0 Å². The lowest BCUT2D eigenvalue weighted by molar-refractivity contribution is -0.147. The molecule has 4 aliphatic rings. The second-order valence-electron chi connectivity index (χ2n) is 13.8. The third kappa shape index (κ3) is 3.75. The van der Waals surface area contributed by atoms with Crippen molar-refractivity contribution in [2.24, 2.45) is 33.5 Å². The van der Waals surface area contributed by atoms with Crippen LogP contribution in [0, 0.1) is 33.5 Å². The zero-order valence-corrected chi connectivity index (χ0v) is 23.4. The number of carbonyl (C=O) groups is 3. The van der Waals surface area contributed by atoms with Crippen molar-refractivity contribution in [3.05, 3.63) is 22.8 Å². The third-order valence-corrected chi connectivity index (χ3v) is 11.5. The highest BCUT2D eigenvalue weighted by Crippen LogP contribution is 2.71. The van der Waals surface area contributed by atoms with Gasteiger partial charge in [-0.3, -0.25) is 9.59 Å². The quantitative estimate of drug-likeness (QED) is 0.406. The van der Waals surface area contributed by atoms with Gasteiger partial charge >= 0.3 is 5.97 Å². The van der Waals surface area contributed by atoms with E-state index >= 15 is 0 Å². The second kappa shape index (κ2) is 8.59. The summed E-state index contributed by atoms with van der Waals surface area (Å²) in [7, 11) is 0. The van der Waals surface area contributed by atoms with Crippen molar-refractivity contribution in [1.29, 1.82) is 0 Å². The number of Topliss-reactive ketones (excluding diaryl/α,β-unsaturated/α-hetero) is 2. The molecule has 4 rings (SSSR count). The molecule has 0 aromatic rings. The first-order chi connectivity index (χ1) is 16.9. The number of aliphatic carboxylic acids is 1. The maximum atomic E-state index is 14.1. The van der Waals surface area contributed by atoms with Gasteiger partial charge in [-0.05, 0) is 68.6 Å². The van der Waals surface area contributed by atoms with Gasteiger partial charge in [0.05, 0.1) is 17.8 Å². The van der Waals surface area contributed by atoms with Crippen LogP contribution in [0.5, 0.6) is 0 Å². The van der Waals surface area contributed by atoms with Crippen molar-refractivity contribution in [3.8, 4) is 0 Å². The molecule has 4 N–H and O–H groups in total. The SMILES string of the molecule is CC(=CCCC(C)(O)C1CC(O)C2(C)C3=C(C(=O)CC12C)C1(C)CCC(O)C(C)(C)C1CC3=O)C(=O)O. The summed E-state index contributed by atoms with van der Waals surface area (Å²) in [6, 6.07) is 0. The molecule has 4 aliphatic carbocycles. The molecule has 7 heteroatoms. The Morgan fingerprint density at radius 3 is 2.27 bits per heavy atom. The number of carboxylic acids is 1. The molecule has 0 bridgehead atoms. The van der Waals surface area contributed by atoms with Crippen LogP contribution in [0.3, 0.4) is 0 Å². The summed E-state index contributed by atoms with van der Waals surface area (Å²) in [6.45, 7) is 13.1. The number of rotatable bonds is 5. The summed E-state index contributed by atoms with van der Waals surface area (Å²) >= 11 is 0. The molecule has 0 aliphatic heterocycles. The van der Waals surface area contributed by atoms with Crippen LogP contribution in [0.15, 0.2) is 22.8 Å². The molecule has 2 saturated carbocycles. The predicted octanol–water partition coefficient (Wildman–Crippen LogP) is 3.99. The molecule has 8 atom stereocenters. The number of allylic oxidation sites excluding steroid dienone is 2. The average molecular weight is 517 g/mol. The standard InChI is InChI=1S/C30H44O7/c1-16(25(35)36)9-8-11-29(6,37)20-14-22(34)30(7)24-17(31)13-19-26(2,3)21(33)10-12-27(19,4)23(24)18(32)15-28(20,30)5/h9,19-22,33-34,37H,8,10-15H2,1-7H3,(H,35,36). The summed E-state index contributed by atoms with van der Waals surface area (Å²) in [6.07, 6.45) is 2.53. The van der Waals surface area contributed by atoms with Crippen LogP contribution in [0.1, 0.15) is 93.4 Å². The fourth-order valence-corrected chi connectivity index (χ4v) is 8.97. The molecule has 7 nitrogen and oxygen atoms in total. The summed E-state index contributed by atoms with van der Waals surface area (Å²) in [4.78, 5) is 39.2. The van der Waals surface area contributed by atoms with Gasteiger partial charge in [-0.25, -0.2) is 4.79 Å². The van der Waals surface area contributed by atoms with Gasteiger partial charge in [0.2, 0.25) is 0 Å². The van der Waals surface area contributed by atoms with Crippen LogP contribution in [0.2, 0.25) is 0 Å². The Bertz CT molecular complexity index is 1100. The van der Waals surface area contributed by atoms with Gasteiger partial charge in [0, 0.05) is 40.4 Å². The Balaban J connectivity index is 1.79. The van der Waals surface area contributed by atoms with Crippen LogP contribution in [0.4, 0.5) is 0 Å². The largest absolute Gasteiger partial charge is 0.478 e. The van der Waals surface area contributed by atoms with Crippen LogP contribution in [-0.2, 0) is 14.4 Å². The first-order valence-corrected chi connectivity index (χ1v) is 13.7. The number of fused-ring (bicyclic) bond motifs is 4. The van der Waals surface area contributed by atoms with Crippen molar-refractivity contribution in [1.82, 2.24) is 0 Å². The molecule has 0 aromatic carbocycles. The molecule has 0 radical (unpaired) electrons.